The Morgan fingerprint density at radius 3 is 2.33 bits per heavy atom. The van der Waals surface area contributed by atoms with Crippen LogP contribution in [0.1, 0.15) is 23.5 Å². The van der Waals surface area contributed by atoms with E-state index in [0.29, 0.717) is 17.9 Å². The van der Waals surface area contributed by atoms with E-state index in [9.17, 15) is 4.79 Å². The third-order valence-corrected chi connectivity index (χ3v) is 7.56. The number of hydrogen-bond donors (Lipinski definition) is 0. The number of nitrogens with zero attached hydrogens (tertiary/aromatic N) is 2. The molecule has 5 rings (SSSR count). The number of ether oxygens (including phenoxy) is 3. The molecule has 3 aromatic rings. The Kier molecular flexibility index (Phi) is 7.42. The predicted molar refractivity (Wildman–Crippen MR) is 140 cm³/mol. The maximum absolute atomic E-state index is 13.1. The molecule has 2 aliphatic heterocycles. The molecule has 36 heavy (non-hydrogen) atoms. The summed E-state index contributed by atoms with van der Waals surface area (Å²) in [4.78, 5) is 17.7. The second kappa shape index (κ2) is 11.0. The number of fused-ring (bicyclic) bond motifs is 1. The lowest BCUT2D eigenvalue weighted by molar-refractivity contribution is -0.135. The van der Waals surface area contributed by atoms with E-state index in [4.69, 9.17) is 14.2 Å². The van der Waals surface area contributed by atoms with Crippen LogP contribution in [0.5, 0.6) is 17.2 Å². The number of likely N-dealkylation sites (tertiary alicyclic amines) is 2. The molecule has 6 heteroatoms. The molecule has 2 fully saturated rings. The molecule has 0 spiro atoms. The van der Waals surface area contributed by atoms with Crippen LogP contribution in [0, 0.1) is 5.92 Å². The summed E-state index contributed by atoms with van der Waals surface area (Å²) in [5, 5.41) is 0. The van der Waals surface area contributed by atoms with Crippen molar-refractivity contribution in [2.75, 3.05) is 40.5 Å². The summed E-state index contributed by atoms with van der Waals surface area (Å²) in [7, 11) is 3.33. The summed E-state index contributed by atoms with van der Waals surface area (Å²) in [5.74, 6) is 2.87. The summed E-state index contributed by atoms with van der Waals surface area (Å²) in [5.41, 5.74) is 2.55. The molecule has 3 atom stereocenters. The lowest BCUT2D eigenvalue weighted by Gasteiger charge is -2.39. The highest BCUT2D eigenvalue weighted by Gasteiger charge is 2.46. The molecule has 0 bridgehead atoms. The summed E-state index contributed by atoms with van der Waals surface area (Å²) in [6.07, 6.45) is 0.957. The van der Waals surface area contributed by atoms with E-state index in [1.54, 1.807) is 14.2 Å². The van der Waals surface area contributed by atoms with Gasteiger partial charge in [-0.25, -0.2) is 0 Å². The van der Waals surface area contributed by atoms with Crippen molar-refractivity contribution < 1.29 is 19.0 Å². The van der Waals surface area contributed by atoms with Crippen LogP contribution in [-0.2, 0) is 11.3 Å². The lowest BCUT2D eigenvalue weighted by atomic mass is 9.81. The van der Waals surface area contributed by atoms with Crippen LogP contribution in [0.25, 0.3) is 0 Å². The first-order valence-electron chi connectivity index (χ1n) is 12.6. The van der Waals surface area contributed by atoms with Crippen LogP contribution in [0.15, 0.2) is 78.9 Å². The number of rotatable bonds is 8. The zero-order valence-corrected chi connectivity index (χ0v) is 21.0. The predicted octanol–water partition coefficient (Wildman–Crippen LogP) is 4.60. The number of piperidine rings is 1. The normalized spacial score (nSPS) is 21.6. The number of carbonyl (C=O) groups is 1. The van der Waals surface area contributed by atoms with E-state index in [2.05, 4.69) is 47.4 Å². The summed E-state index contributed by atoms with van der Waals surface area (Å²) < 4.78 is 16.8. The van der Waals surface area contributed by atoms with Crippen LogP contribution >= 0.6 is 0 Å². The number of amides is 1. The second-order valence-corrected chi connectivity index (χ2v) is 9.60. The molecule has 0 N–H and O–H groups in total. The van der Waals surface area contributed by atoms with E-state index in [0.717, 1.165) is 49.8 Å². The van der Waals surface area contributed by atoms with Crippen molar-refractivity contribution in [3.8, 4) is 17.2 Å². The highest BCUT2D eigenvalue weighted by atomic mass is 16.5. The van der Waals surface area contributed by atoms with E-state index in [1.807, 2.05) is 41.3 Å². The van der Waals surface area contributed by atoms with Crippen molar-refractivity contribution >= 4 is 5.91 Å². The SMILES string of the molecule is COc1ccc([C@H]2CN(Cc3ccccc3)[C@@H]3CCN(C(=O)COc4ccccc4)C[C@H]23)cc1OC. The summed E-state index contributed by atoms with van der Waals surface area (Å²) >= 11 is 0. The molecular weight excluding hydrogens is 452 g/mol. The number of methoxy groups -OCH3 is 2. The first kappa shape index (κ1) is 24.2. The van der Waals surface area contributed by atoms with Gasteiger partial charge in [-0.15, -0.1) is 0 Å². The number of carbonyl (C=O) groups excluding carboxylic acids is 1. The average molecular weight is 487 g/mol. The van der Waals surface area contributed by atoms with Crippen LogP contribution in [-0.4, -0.2) is 62.2 Å². The largest absolute Gasteiger partial charge is 0.493 e. The third kappa shape index (κ3) is 5.19. The maximum atomic E-state index is 13.1. The molecule has 0 aliphatic carbocycles. The Morgan fingerprint density at radius 1 is 0.889 bits per heavy atom. The van der Waals surface area contributed by atoms with Gasteiger partial charge >= 0.3 is 0 Å². The van der Waals surface area contributed by atoms with Crippen molar-refractivity contribution in [1.82, 2.24) is 9.80 Å². The van der Waals surface area contributed by atoms with E-state index >= 15 is 0 Å². The van der Waals surface area contributed by atoms with E-state index < -0.39 is 0 Å². The van der Waals surface area contributed by atoms with Gasteiger partial charge in [-0.05, 0) is 41.8 Å². The van der Waals surface area contributed by atoms with Gasteiger partial charge in [0.15, 0.2) is 18.1 Å². The smallest absolute Gasteiger partial charge is 0.260 e. The molecular formula is C30H34N2O4. The zero-order chi connectivity index (χ0) is 24.9. The maximum Gasteiger partial charge on any atom is 0.260 e. The Labute approximate surface area is 213 Å². The molecule has 0 aromatic heterocycles. The molecule has 2 aliphatic rings. The van der Waals surface area contributed by atoms with Crippen molar-refractivity contribution in [3.63, 3.8) is 0 Å². The number of para-hydroxylation sites is 1. The lowest BCUT2D eigenvalue weighted by Crippen LogP contribution is -2.49. The van der Waals surface area contributed by atoms with Gasteiger partial charge in [-0.3, -0.25) is 9.69 Å². The first-order chi connectivity index (χ1) is 17.7. The fraction of sp³-hybridized carbons (Fsp3) is 0.367. The molecule has 188 valence electrons. The summed E-state index contributed by atoms with van der Waals surface area (Å²) in [6, 6.07) is 26.8. The van der Waals surface area contributed by atoms with Gasteiger partial charge in [0.05, 0.1) is 14.2 Å². The van der Waals surface area contributed by atoms with E-state index in [-0.39, 0.29) is 12.5 Å². The molecule has 0 saturated carbocycles. The first-order valence-corrected chi connectivity index (χ1v) is 12.6. The second-order valence-electron chi connectivity index (χ2n) is 9.60. The zero-order valence-electron chi connectivity index (χ0n) is 21.0. The fourth-order valence-corrected chi connectivity index (χ4v) is 5.76. The van der Waals surface area contributed by atoms with Crippen molar-refractivity contribution in [3.05, 3.63) is 90.0 Å². The minimum absolute atomic E-state index is 0.0462. The molecule has 2 heterocycles. The quantitative estimate of drug-likeness (QED) is 0.466. The molecule has 3 aromatic carbocycles. The topological polar surface area (TPSA) is 51.2 Å². The van der Waals surface area contributed by atoms with Crippen molar-refractivity contribution in [2.24, 2.45) is 5.92 Å². The molecule has 2 saturated heterocycles. The van der Waals surface area contributed by atoms with Crippen molar-refractivity contribution in [1.29, 1.82) is 0 Å². The van der Waals surface area contributed by atoms with Gasteiger partial charge in [0, 0.05) is 44.1 Å². The summed E-state index contributed by atoms with van der Waals surface area (Å²) in [6.45, 7) is 3.41. The average Bonchev–Trinajstić information content (AvgIpc) is 3.29. The van der Waals surface area contributed by atoms with Crippen molar-refractivity contribution in [2.45, 2.75) is 24.9 Å². The highest BCUT2D eigenvalue weighted by molar-refractivity contribution is 5.78. The Hall–Kier alpha value is -3.51. The molecule has 6 nitrogen and oxygen atoms in total. The third-order valence-electron chi connectivity index (χ3n) is 7.56. The highest BCUT2D eigenvalue weighted by Crippen LogP contribution is 2.44. The molecule has 0 unspecified atom stereocenters. The van der Waals surface area contributed by atoms with Gasteiger partial charge < -0.3 is 19.1 Å². The monoisotopic (exact) mass is 486 g/mol. The van der Waals surface area contributed by atoms with Crippen LogP contribution < -0.4 is 14.2 Å². The van der Waals surface area contributed by atoms with Crippen LogP contribution in [0.4, 0.5) is 0 Å². The van der Waals surface area contributed by atoms with Gasteiger partial charge in [-0.2, -0.15) is 0 Å². The minimum Gasteiger partial charge on any atom is -0.493 e. The molecule has 0 radical (unpaired) electrons. The molecule has 1 amide bonds. The van der Waals surface area contributed by atoms with Gasteiger partial charge in [0.25, 0.3) is 5.91 Å². The standard InChI is InChI=1S/C30H34N2O4/c1-34-28-14-13-23(17-29(28)35-2)25-19-32(18-22-9-5-3-6-10-22)27-15-16-31(20-26(25)27)30(33)21-36-24-11-7-4-8-12-24/h3-14,17,25-27H,15-16,18-21H2,1-2H3/t25-,26-,27-/m1/s1. The van der Waals surface area contributed by atoms with Crippen LogP contribution in [0.3, 0.4) is 0 Å². The number of hydrogen-bond acceptors (Lipinski definition) is 5. The Bertz CT molecular complexity index is 1150. The Balaban J connectivity index is 1.35. The fourth-order valence-electron chi connectivity index (χ4n) is 5.76. The van der Waals surface area contributed by atoms with Gasteiger partial charge in [0.1, 0.15) is 5.75 Å². The van der Waals surface area contributed by atoms with Gasteiger partial charge in [-0.1, -0.05) is 54.6 Å². The van der Waals surface area contributed by atoms with Crippen LogP contribution in [0.2, 0.25) is 0 Å². The van der Waals surface area contributed by atoms with E-state index in [1.165, 1.54) is 11.1 Å². The van der Waals surface area contributed by atoms with Gasteiger partial charge in [0.2, 0.25) is 0 Å². The minimum atomic E-state index is 0.0462. The Morgan fingerprint density at radius 2 is 1.61 bits per heavy atom. The number of benzene rings is 3.